The van der Waals surface area contributed by atoms with E-state index in [1.165, 1.54) is 23.5 Å². The number of nitrogens with two attached hydrogens (primary N) is 1. The zero-order chi connectivity index (χ0) is 13.3. The molecular formula is C13H14BrFN2S. The van der Waals surface area contributed by atoms with E-state index in [0.717, 1.165) is 25.6 Å². The van der Waals surface area contributed by atoms with Crippen molar-refractivity contribution in [2.45, 2.75) is 26.3 Å². The molecule has 96 valence electrons. The van der Waals surface area contributed by atoms with Gasteiger partial charge >= 0.3 is 0 Å². The number of rotatable bonds is 3. The van der Waals surface area contributed by atoms with Crippen molar-refractivity contribution in [1.29, 1.82) is 0 Å². The van der Waals surface area contributed by atoms with Gasteiger partial charge in [-0.1, -0.05) is 29.8 Å². The van der Waals surface area contributed by atoms with Crippen molar-refractivity contribution in [3.05, 3.63) is 39.1 Å². The number of halogens is 2. The highest BCUT2D eigenvalue weighted by atomic mass is 79.9. The Hall–Kier alpha value is -0.780. The number of benzene rings is 1. The lowest BCUT2D eigenvalue weighted by atomic mass is 10.1. The maximum Gasteiger partial charge on any atom is 0.125 e. The summed E-state index contributed by atoms with van der Waals surface area (Å²) in [7, 11) is 0. The first-order chi connectivity index (χ1) is 8.52. The van der Waals surface area contributed by atoms with Gasteiger partial charge in [-0.3, -0.25) is 0 Å². The molecule has 0 radical (unpaired) electrons. The minimum Gasteiger partial charge on any atom is -0.326 e. The van der Waals surface area contributed by atoms with Crippen LogP contribution >= 0.6 is 27.3 Å². The number of hydrogen-bond donors (Lipinski definition) is 1. The predicted octanol–water partition coefficient (Wildman–Crippen LogP) is 4.29. The van der Waals surface area contributed by atoms with Gasteiger partial charge in [-0.2, -0.15) is 0 Å². The van der Waals surface area contributed by atoms with E-state index in [2.05, 4.69) is 34.8 Å². The van der Waals surface area contributed by atoms with Crippen molar-refractivity contribution in [3.63, 3.8) is 0 Å². The van der Waals surface area contributed by atoms with Crippen molar-refractivity contribution in [2.24, 2.45) is 5.73 Å². The number of hydrogen-bond acceptors (Lipinski definition) is 3. The second-order valence-corrected chi connectivity index (χ2v) is 6.25. The van der Waals surface area contributed by atoms with E-state index < -0.39 is 0 Å². The average molecular weight is 329 g/mol. The van der Waals surface area contributed by atoms with E-state index in [-0.39, 0.29) is 5.82 Å². The highest BCUT2D eigenvalue weighted by Gasteiger charge is 2.16. The van der Waals surface area contributed by atoms with E-state index in [1.54, 1.807) is 6.07 Å². The zero-order valence-corrected chi connectivity index (χ0v) is 12.6. The summed E-state index contributed by atoms with van der Waals surface area (Å²) in [4.78, 5) is 5.66. The lowest BCUT2D eigenvalue weighted by Crippen LogP contribution is -1.99. The number of nitrogens with zero attached hydrogens (tertiary/aromatic N) is 1. The van der Waals surface area contributed by atoms with Crippen LogP contribution < -0.4 is 5.73 Å². The van der Waals surface area contributed by atoms with Gasteiger partial charge in [0.25, 0.3) is 0 Å². The minimum absolute atomic E-state index is 0.260. The van der Waals surface area contributed by atoms with Crippen LogP contribution in [0.3, 0.4) is 0 Å². The standard InChI is InChI=1S/C13H14BrFN2S/c1-7(2)12-11(6-16)18-13(17-12)9-5-8(15)3-4-10(9)14/h3-5,7H,6,16H2,1-2H3. The van der Waals surface area contributed by atoms with Crippen LogP contribution in [0, 0.1) is 5.82 Å². The Morgan fingerprint density at radius 3 is 2.72 bits per heavy atom. The smallest absolute Gasteiger partial charge is 0.125 e. The van der Waals surface area contributed by atoms with Gasteiger partial charge in [-0.15, -0.1) is 11.3 Å². The Kier molecular flexibility index (Phi) is 4.14. The molecule has 0 saturated carbocycles. The van der Waals surface area contributed by atoms with Gasteiger partial charge in [0.1, 0.15) is 10.8 Å². The van der Waals surface area contributed by atoms with Crippen LogP contribution in [-0.4, -0.2) is 4.98 Å². The molecule has 1 aromatic heterocycles. The van der Waals surface area contributed by atoms with Crippen LogP contribution in [0.25, 0.3) is 10.6 Å². The summed E-state index contributed by atoms with van der Waals surface area (Å²) < 4.78 is 14.2. The second-order valence-electron chi connectivity index (χ2n) is 4.31. The van der Waals surface area contributed by atoms with Crippen molar-refractivity contribution in [3.8, 4) is 10.6 Å². The molecule has 0 atom stereocenters. The van der Waals surface area contributed by atoms with Gasteiger partial charge in [-0.25, -0.2) is 9.37 Å². The SMILES string of the molecule is CC(C)c1nc(-c2cc(F)ccc2Br)sc1CN. The molecule has 2 nitrogen and oxygen atoms in total. The third kappa shape index (κ3) is 2.63. The summed E-state index contributed by atoms with van der Waals surface area (Å²) in [5.74, 6) is 0.0599. The van der Waals surface area contributed by atoms with Crippen LogP contribution in [0.15, 0.2) is 22.7 Å². The van der Waals surface area contributed by atoms with Crippen molar-refractivity contribution in [1.82, 2.24) is 4.98 Å². The summed E-state index contributed by atoms with van der Waals surface area (Å²) in [5, 5.41) is 0.811. The minimum atomic E-state index is -0.260. The average Bonchev–Trinajstić information content (AvgIpc) is 2.76. The molecule has 0 fully saturated rings. The van der Waals surface area contributed by atoms with Crippen LogP contribution in [0.4, 0.5) is 4.39 Å². The van der Waals surface area contributed by atoms with Crippen LogP contribution in [-0.2, 0) is 6.54 Å². The van der Waals surface area contributed by atoms with Gasteiger partial charge in [0.05, 0.1) is 5.69 Å². The molecule has 18 heavy (non-hydrogen) atoms. The van der Waals surface area contributed by atoms with Gasteiger partial charge in [0, 0.05) is 21.5 Å². The number of aromatic nitrogens is 1. The lowest BCUT2D eigenvalue weighted by molar-refractivity contribution is 0.628. The summed E-state index contributed by atoms with van der Waals surface area (Å²) in [5.41, 5.74) is 7.52. The molecule has 5 heteroatoms. The first-order valence-electron chi connectivity index (χ1n) is 5.68. The van der Waals surface area contributed by atoms with E-state index in [4.69, 9.17) is 5.73 Å². The third-order valence-electron chi connectivity index (χ3n) is 2.62. The Labute approximate surface area is 118 Å². The van der Waals surface area contributed by atoms with Gasteiger partial charge in [-0.05, 0) is 24.1 Å². The first-order valence-corrected chi connectivity index (χ1v) is 7.29. The van der Waals surface area contributed by atoms with Crippen LogP contribution in [0.5, 0.6) is 0 Å². The van der Waals surface area contributed by atoms with E-state index in [0.29, 0.717) is 12.5 Å². The molecule has 0 amide bonds. The molecule has 0 saturated heterocycles. The third-order valence-corrected chi connectivity index (χ3v) is 4.44. The summed E-state index contributed by atoms with van der Waals surface area (Å²) in [6.07, 6.45) is 0. The quantitative estimate of drug-likeness (QED) is 0.912. The highest BCUT2D eigenvalue weighted by molar-refractivity contribution is 9.10. The fraction of sp³-hybridized carbons (Fsp3) is 0.308. The van der Waals surface area contributed by atoms with Gasteiger partial charge in [0.2, 0.25) is 0 Å². The van der Waals surface area contributed by atoms with Crippen molar-refractivity contribution in [2.75, 3.05) is 0 Å². The molecular weight excluding hydrogens is 315 g/mol. The normalized spacial score (nSPS) is 11.2. The molecule has 2 aromatic rings. The molecule has 1 heterocycles. The molecule has 0 aliphatic heterocycles. The Morgan fingerprint density at radius 2 is 2.17 bits per heavy atom. The topological polar surface area (TPSA) is 38.9 Å². The monoisotopic (exact) mass is 328 g/mol. The number of thiazole rings is 1. The van der Waals surface area contributed by atoms with E-state index >= 15 is 0 Å². The Morgan fingerprint density at radius 1 is 1.44 bits per heavy atom. The molecule has 0 bridgehead atoms. The van der Waals surface area contributed by atoms with E-state index in [9.17, 15) is 4.39 Å². The second kappa shape index (κ2) is 5.47. The molecule has 2 N–H and O–H groups in total. The molecule has 0 spiro atoms. The predicted molar refractivity (Wildman–Crippen MR) is 77.2 cm³/mol. The van der Waals surface area contributed by atoms with Crippen LogP contribution in [0.2, 0.25) is 0 Å². The molecule has 2 rings (SSSR count). The van der Waals surface area contributed by atoms with E-state index in [1.807, 2.05) is 0 Å². The molecule has 0 aliphatic rings. The fourth-order valence-corrected chi connectivity index (χ4v) is 3.43. The molecule has 1 aromatic carbocycles. The first kappa shape index (κ1) is 13.6. The van der Waals surface area contributed by atoms with Gasteiger partial charge < -0.3 is 5.73 Å². The van der Waals surface area contributed by atoms with Crippen LogP contribution in [0.1, 0.15) is 30.3 Å². The summed E-state index contributed by atoms with van der Waals surface area (Å²) >= 11 is 4.96. The van der Waals surface area contributed by atoms with Crippen molar-refractivity contribution >= 4 is 27.3 Å². The Balaban J connectivity index is 2.54. The fourth-order valence-electron chi connectivity index (χ4n) is 1.74. The largest absolute Gasteiger partial charge is 0.326 e. The molecule has 0 unspecified atom stereocenters. The highest BCUT2D eigenvalue weighted by Crippen LogP contribution is 2.35. The summed E-state index contributed by atoms with van der Waals surface area (Å²) in [6, 6.07) is 4.62. The van der Waals surface area contributed by atoms with Gasteiger partial charge in [0.15, 0.2) is 0 Å². The van der Waals surface area contributed by atoms with Crippen molar-refractivity contribution < 1.29 is 4.39 Å². The lowest BCUT2D eigenvalue weighted by Gasteiger charge is -2.02. The maximum atomic E-state index is 13.3. The Bertz CT molecular complexity index is 566. The molecule has 0 aliphatic carbocycles. The summed E-state index contributed by atoms with van der Waals surface area (Å²) in [6.45, 7) is 4.63. The maximum absolute atomic E-state index is 13.3. The zero-order valence-electron chi connectivity index (χ0n) is 10.2.